The van der Waals surface area contributed by atoms with E-state index in [1.165, 1.54) is 25.7 Å². The zero-order valence-corrected chi connectivity index (χ0v) is 7.84. The number of nitrogens with zero attached hydrogens (tertiary/aromatic N) is 1. The molecule has 1 aliphatic carbocycles. The molecule has 0 aliphatic heterocycles. The molecule has 68 valence electrons. The molecule has 0 aromatic heterocycles. The highest BCUT2D eigenvalue weighted by Gasteiger charge is 2.20. The molecule has 1 heteroatoms. The molecule has 0 spiro atoms. The van der Waals surface area contributed by atoms with Crippen LogP contribution in [0.5, 0.6) is 0 Å². The van der Waals surface area contributed by atoms with E-state index in [2.05, 4.69) is 18.1 Å². The molecule has 0 heterocycles. The van der Waals surface area contributed by atoms with Crippen molar-refractivity contribution < 1.29 is 0 Å². The maximum atomic E-state index is 3.78. The van der Waals surface area contributed by atoms with E-state index < -0.39 is 0 Å². The first-order valence-corrected chi connectivity index (χ1v) is 4.84. The van der Waals surface area contributed by atoms with Crippen LogP contribution >= 0.6 is 0 Å². The zero-order valence-electron chi connectivity index (χ0n) is 7.84. The van der Waals surface area contributed by atoms with Gasteiger partial charge in [-0.05, 0) is 12.8 Å². The van der Waals surface area contributed by atoms with E-state index in [4.69, 9.17) is 0 Å². The third-order valence-electron chi connectivity index (χ3n) is 2.57. The van der Waals surface area contributed by atoms with E-state index in [-0.39, 0.29) is 0 Å². The van der Waals surface area contributed by atoms with Gasteiger partial charge in [0.05, 0.1) is 0 Å². The average molecular weight is 165 g/mol. The molecule has 0 radical (unpaired) electrons. The van der Waals surface area contributed by atoms with Crippen LogP contribution in [0.2, 0.25) is 0 Å². The van der Waals surface area contributed by atoms with Crippen molar-refractivity contribution in [3.8, 4) is 0 Å². The van der Waals surface area contributed by atoms with Gasteiger partial charge in [-0.1, -0.05) is 25.0 Å². The summed E-state index contributed by atoms with van der Waals surface area (Å²) >= 11 is 0. The predicted molar refractivity (Wildman–Crippen MR) is 54.2 cm³/mol. The fourth-order valence-electron chi connectivity index (χ4n) is 1.97. The number of rotatable bonds is 5. The summed E-state index contributed by atoms with van der Waals surface area (Å²) in [5.74, 6) is 0. The third kappa shape index (κ3) is 2.49. The Hall–Kier alpha value is -0.560. The van der Waals surface area contributed by atoms with Crippen LogP contribution in [0.1, 0.15) is 25.7 Å². The molecule has 0 aromatic rings. The summed E-state index contributed by atoms with van der Waals surface area (Å²) in [6.45, 7) is 9.58. The zero-order chi connectivity index (χ0) is 8.81. The molecule has 0 N–H and O–H groups in total. The molecule has 0 unspecified atom stereocenters. The first-order valence-electron chi connectivity index (χ1n) is 4.84. The maximum Gasteiger partial charge on any atom is 0.0166 e. The molecule has 1 saturated carbocycles. The second-order valence-electron chi connectivity index (χ2n) is 3.47. The summed E-state index contributed by atoms with van der Waals surface area (Å²) in [5, 5.41) is 0. The van der Waals surface area contributed by atoms with Crippen LogP contribution in [0.25, 0.3) is 0 Å². The third-order valence-corrected chi connectivity index (χ3v) is 2.57. The Kier molecular flexibility index (Phi) is 4.09. The van der Waals surface area contributed by atoms with Crippen LogP contribution in [0.3, 0.4) is 0 Å². The van der Waals surface area contributed by atoms with Gasteiger partial charge in [-0.25, -0.2) is 0 Å². The largest absolute Gasteiger partial charge is 0.293 e. The fourth-order valence-corrected chi connectivity index (χ4v) is 1.97. The van der Waals surface area contributed by atoms with Crippen molar-refractivity contribution in [2.75, 3.05) is 13.1 Å². The lowest BCUT2D eigenvalue weighted by Gasteiger charge is -2.25. The molecule has 1 fully saturated rings. The van der Waals surface area contributed by atoms with E-state index in [1.807, 2.05) is 12.2 Å². The van der Waals surface area contributed by atoms with Gasteiger partial charge in [-0.2, -0.15) is 0 Å². The Bertz CT molecular complexity index is 135. The Balaban J connectivity index is 2.38. The minimum atomic E-state index is 0.793. The summed E-state index contributed by atoms with van der Waals surface area (Å²) in [4.78, 5) is 2.47. The highest BCUT2D eigenvalue weighted by atomic mass is 15.1. The summed E-state index contributed by atoms with van der Waals surface area (Å²) in [5.41, 5.74) is 0. The second-order valence-corrected chi connectivity index (χ2v) is 3.47. The number of hydrogen-bond donors (Lipinski definition) is 0. The molecule has 0 amide bonds. The molecule has 1 nitrogen and oxygen atoms in total. The lowest BCUT2D eigenvalue weighted by atomic mass is 10.2. The maximum absolute atomic E-state index is 3.78. The lowest BCUT2D eigenvalue weighted by Crippen LogP contribution is -2.33. The Morgan fingerprint density at radius 3 is 2.00 bits per heavy atom. The van der Waals surface area contributed by atoms with Crippen molar-refractivity contribution in [2.45, 2.75) is 31.7 Å². The van der Waals surface area contributed by atoms with Crippen LogP contribution in [0, 0.1) is 0 Å². The molecular formula is C11H19N. The summed E-state index contributed by atoms with van der Waals surface area (Å²) < 4.78 is 0. The van der Waals surface area contributed by atoms with Gasteiger partial charge in [0.1, 0.15) is 0 Å². The van der Waals surface area contributed by atoms with Crippen LogP contribution in [-0.4, -0.2) is 24.0 Å². The van der Waals surface area contributed by atoms with Crippen LogP contribution in [0.4, 0.5) is 0 Å². The van der Waals surface area contributed by atoms with E-state index >= 15 is 0 Å². The van der Waals surface area contributed by atoms with Crippen molar-refractivity contribution in [1.82, 2.24) is 4.90 Å². The molecule has 0 bridgehead atoms. The lowest BCUT2D eigenvalue weighted by molar-refractivity contribution is 0.244. The fraction of sp³-hybridized carbons (Fsp3) is 0.636. The van der Waals surface area contributed by atoms with Gasteiger partial charge in [0.25, 0.3) is 0 Å². The van der Waals surface area contributed by atoms with Gasteiger partial charge in [0, 0.05) is 19.1 Å². The Labute approximate surface area is 75.8 Å². The molecule has 12 heavy (non-hydrogen) atoms. The smallest absolute Gasteiger partial charge is 0.0166 e. The van der Waals surface area contributed by atoms with E-state index in [0.717, 1.165) is 19.1 Å². The molecule has 0 saturated heterocycles. The van der Waals surface area contributed by atoms with Gasteiger partial charge in [0.2, 0.25) is 0 Å². The molecule has 0 aromatic carbocycles. The summed E-state index contributed by atoms with van der Waals surface area (Å²) in [6.07, 6.45) is 9.50. The highest BCUT2D eigenvalue weighted by molar-refractivity contribution is 4.86. The predicted octanol–water partition coefficient (Wildman–Crippen LogP) is 2.60. The van der Waals surface area contributed by atoms with Crippen LogP contribution in [-0.2, 0) is 0 Å². The van der Waals surface area contributed by atoms with Gasteiger partial charge >= 0.3 is 0 Å². The van der Waals surface area contributed by atoms with E-state index in [9.17, 15) is 0 Å². The normalized spacial score (nSPS) is 18.4. The van der Waals surface area contributed by atoms with Crippen molar-refractivity contribution >= 4 is 0 Å². The van der Waals surface area contributed by atoms with Gasteiger partial charge in [0.15, 0.2) is 0 Å². The quantitative estimate of drug-likeness (QED) is 0.566. The minimum Gasteiger partial charge on any atom is -0.293 e. The SMILES string of the molecule is C=CCN(CC=C)C1CCCC1. The molecule has 1 aliphatic rings. The molecule has 1 rings (SSSR count). The highest BCUT2D eigenvalue weighted by Crippen LogP contribution is 2.23. The monoisotopic (exact) mass is 165 g/mol. The number of hydrogen-bond acceptors (Lipinski definition) is 1. The van der Waals surface area contributed by atoms with Gasteiger partial charge in [-0.3, -0.25) is 4.90 Å². The first-order chi connectivity index (χ1) is 5.88. The van der Waals surface area contributed by atoms with Crippen LogP contribution in [0.15, 0.2) is 25.3 Å². The minimum absolute atomic E-state index is 0.793. The van der Waals surface area contributed by atoms with Crippen molar-refractivity contribution in [1.29, 1.82) is 0 Å². The van der Waals surface area contributed by atoms with Gasteiger partial charge < -0.3 is 0 Å². The van der Waals surface area contributed by atoms with Crippen molar-refractivity contribution in [3.63, 3.8) is 0 Å². The van der Waals surface area contributed by atoms with E-state index in [1.54, 1.807) is 0 Å². The molecule has 0 atom stereocenters. The first kappa shape index (κ1) is 9.53. The standard InChI is InChI=1S/C11H19N/c1-3-9-12(10-4-2)11-7-5-6-8-11/h3-4,11H,1-2,5-10H2. The average Bonchev–Trinajstić information content (AvgIpc) is 2.56. The second kappa shape index (κ2) is 5.15. The Morgan fingerprint density at radius 2 is 1.58 bits per heavy atom. The van der Waals surface area contributed by atoms with Crippen molar-refractivity contribution in [2.24, 2.45) is 0 Å². The van der Waals surface area contributed by atoms with E-state index in [0.29, 0.717) is 0 Å². The van der Waals surface area contributed by atoms with Gasteiger partial charge in [-0.15, -0.1) is 13.2 Å². The summed E-state index contributed by atoms with van der Waals surface area (Å²) in [6, 6.07) is 0.793. The topological polar surface area (TPSA) is 3.24 Å². The van der Waals surface area contributed by atoms with Crippen LogP contribution < -0.4 is 0 Å². The molecular weight excluding hydrogens is 146 g/mol. The summed E-state index contributed by atoms with van der Waals surface area (Å²) in [7, 11) is 0. The Morgan fingerprint density at radius 1 is 1.08 bits per heavy atom. The van der Waals surface area contributed by atoms with Crippen molar-refractivity contribution in [3.05, 3.63) is 25.3 Å².